The predicted octanol–water partition coefficient (Wildman–Crippen LogP) is 13.4. The van der Waals surface area contributed by atoms with Gasteiger partial charge in [-0.15, -0.1) is 0 Å². The molecule has 5 N–H and O–H groups in total. The smallest absolute Gasteiger partial charge is 0.249 e. The van der Waals surface area contributed by atoms with Gasteiger partial charge in [-0.05, 0) is 32.1 Å². The molecule has 0 bridgehead atoms. The van der Waals surface area contributed by atoms with Crippen LogP contribution in [-0.4, -0.2) is 57.3 Å². The molecule has 4 unspecified atom stereocenters. The summed E-state index contributed by atoms with van der Waals surface area (Å²) < 4.78 is 0. The van der Waals surface area contributed by atoms with Crippen LogP contribution < -0.4 is 5.32 Å². The Labute approximate surface area is 342 Å². The molecule has 0 radical (unpaired) electrons. The molecule has 328 valence electrons. The van der Waals surface area contributed by atoms with Crippen LogP contribution in [0.2, 0.25) is 0 Å². The molecule has 0 rings (SSSR count). The molecule has 55 heavy (non-hydrogen) atoms. The van der Waals surface area contributed by atoms with Crippen molar-refractivity contribution in [3.63, 3.8) is 0 Å². The van der Waals surface area contributed by atoms with Crippen LogP contribution in [-0.2, 0) is 4.79 Å². The lowest BCUT2D eigenvalue weighted by Crippen LogP contribution is -2.53. The second-order valence-corrected chi connectivity index (χ2v) is 17.2. The van der Waals surface area contributed by atoms with Gasteiger partial charge in [0.15, 0.2) is 0 Å². The van der Waals surface area contributed by atoms with Gasteiger partial charge in [-0.1, -0.05) is 244 Å². The Morgan fingerprint density at radius 2 is 0.745 bits per heavy atom. The van der Waals surface area contributed by atoms with E-state index in [0.717, 1.165) is 32.1 Å². The van der Waals surface area contributed by atoms with Crippen LogP contribution in [0.1, 0.15) is 264 Å². The van der Waals surface area contributed by atoms with E-state index in [-0.39, 0.29) is 6.42 Å². The molecule has 0 saturated heterocycles. The molecular formula is C49H97NO5. The molecule has 6 nitrogen and oxygen atoms in total. The number of hydrogen-bond donors (Lipinski definition) is 5. The van der Waals surface area contributed by atoms with Crippen molar-refractivity contribution in [2.24, 2.45) is 0 Å². The molecule has 0 fully saturated rings. The third-order valence-electron chi connectivity index (χ3n) is 11.7. The predicted molar refractivity (Wildman–Crippen MR) is 238 cm³/mol. The zero-order chi connectivity index (χ0) is 40.3. The molecular weight excluding hydrogens is 683 g/mol. The number of carbonyl (C=O) groups excluding carboxylic acids is 1. The summed E-state index contributed by atoms with van der Waals surface area (Å²) >= 11 is 0. The molecule has 0 aliphatic rings. The molecule has 1 amide bonds. The summed E-state index contributed by atoms with van der Waals surface area (Å²) in [4.78, 5) is 12.4. The van der Waals surface area contributed by atoms with Crippen molar-refractivity contribution in [1.82, 2.24) is 5.32 Å². The zero-order valence-corrected chi connectivity index (χ0v) is 36.9. The van der Waals surface area contributed by atoms with Crippen LogP contribution in [0.15, 0.2) is 12.2 Å². The molecule has 0 aromatic rings. The second kappa shape index (κ2) is 44.2. The first-order valence-electron chi connectivity index (χ1n) is 24.6. The first-order valence-corrected chi connectivity index (χ1v) is 24.6. The normalized spacial score (nSPS) is 14.1. The molecule has 0 heterocycles. The topological polar surface area (TPSA) is 110 Å². The van der Waals surface area contributed by atoms with Crippen molar-refractivity contribution < 1.29 is 25.2 Å². The Kier molecular flexibility index (Phi) is 43.4. The lowest BCUT2D eigenvalue weighted by molar-refractivity contribution is -0.132. The maximum Gasteiger partial charge on any atom is 0.249 e. The quantitative estimate of drug-likeness (QED) is 0.0312. The van der Waals surface area contributed by atoms with E-state index in [1.807, 2.05) is 6.08 Å². The average Bonchev–Trinajstić information content (AvgIpc) is 3.19. The monoisotopic (exact) mass is 780 g/mol. The van der Waals surface area contributed by atoms with E-state index < -0.39 is 36.9 Å². The van der Waals surface area contributed by atoms with E-state index in [4.69, 9.17) is 0 Å². The van der Waals surface area contributed by atoms with E-state index in [1.165, 1.54) is 199 Å². The van der Waals surface area contributed by atoms with Crippen molar-refractivity contribution in [2.45, 2.75) is 289 Å². The Bertz CT molecular complexity index is 791. The third-order valence-corrected chi connectivity index (χ3v) is 11.7. The standard InChI is InChI=1S/C49H97NO5/c1-3-5-7-9-11-13-14-15-16-17-18-19-20-21-22-23-24-25-26-27-28-29-30-31-32-33-34-35-37-38-40-42-46(52)48(54)45(44-51)50-49(55)47(53)43-41-39-36-12-10-8-6-4-2/h36,39,45-48,51-54H,3-35,37-38,40-44H2,1-2H3,(H,50,55)/b39-36-. The third kappa shape index (κ3) is 38.3. The summed E-state index contributed by atoms with van der Waals surface area (Å²) in [6.07, 6.45) is 50.3. The van der Waals surface area contributed by atoms with Crippen LogP contribution in [0.25, 0.3) is 0 Å². The van der Waals surface area contributed by atoms with Crippen LogP contribution in [0.3, 0.4) is 0 Å². The van der Waals surface area contributed by atoms with E-state index in [1.54, 1.807) is 0 Å². The van der Waals surface area contributed by atoms with Crippen molar-refractivity contribution in [3.8, 4) is 0 Å². The summed E-state index contributed by atoms with van der Waals surface area (Å²) in [7, 11) is 0. The summed E-state index contributed by atoms with van der Waals surface area (Å²) in [6, 6.07) is -0.996. The van der Waals surface area contributed by atoms with Gasteiger partial charge in [0.2, 0.25) is 5.91 Å². The van der Waals surface area contributed by atoms with Gasteiger partial charge in [-0.25, -0.2) is 0 Å². The van der Waals surface area contributed by atoms with Gasteiger partial charge in [0, 0.05) is 0 Å². The molecule has 4 atom stereocenters. The van der Waals surface area contributed by atoms with Crippen molar-refractivity contribution >= 4 is 5.91 Å². The highest BCUT2D eigenvalue weighted by Gasteiger charge is 2.28. The van der Waals surface area contributed by atoms with E-state index >= 15 is 0 Å². The fourth-order valence-corrected chi connectivity index (χ4v) is 7.82. The highest BCUT2D eigenvalue weighted by Crippen LogP contribution is 2.18. The lowest BCUT2D eigenvalue weighted by atomic mass is 9.99. The number of aliphatic hydroxyl groups is 4. The first kappa shape index (κ1) is 54.0. The number of allylic oxidation sites excluding steroid dienone is 2. The van der Waals surface area contributed by atoms with E-state index in [0.29, 0.717) is 12.8 Å². The Morgan fingerprint density at radius 1 is 0.436 bits per heavy atom. The van der Waals surface area contributed by atoms with Gasteiger partial charge in [0.05, 0.1) is 18.8 Å². The Morgan fingerprint density at radius 3 is 1.09 bits per heavy atom. The Balaban J connectivity index is 3.50. The van der Waals surface area contributed by atoms with Crippen LogP contribution in [0.4, 0.5) is 0 Å². The number of carbonyl (C=O) groups is 1. The molecule has 0 spiro atoms. The highest BCUT2D eigenvalue weighted by molar-refractivity contribution is 5.80. The maximum absolute atomic E-state index is 12.4. The second-order valence-electron chi connectivity index (χ2n) is 17.2. The van der Waals surface area contributed by atoms with Crippen LogP contribution in [0.5, 0.6) is 0 Å². The SMILES string of the molecule is CCCCCC/C=C\CCC(O)C(=O)NC(CO)C(O)C(O)CCCCCCCCCCCCCCCCCCCCCCCCCCCCCCCCC. The van der Waals surface area contributed by atoms with Crippen LogP contribution in [0, 0.1) is 0 Å². The van der Waals surface area contributed by atoms with Gasteiger partial charge in [0.25, 0.3) is 0 Å². The first-order chi connectivity index (χ1) is 27.0. The number of unbranched alkanes of at least 4 members (excludes halogenated alkanes) is 34. The van der Waals surface area contributed by atoms with Crippen molar-refractivity contribution in [2.75, 3.05) is 6.61 Å². The Hall–Kier alpha value is -0.950. The largest absolute Gasteiger partial charge is 0.394 e. The molecule has 0 saturated carbocycles. The minimum absolute atomic E-state index is 0.285. The lowest BCUT2D eigenvalue weighted by Gasteiger charge is -2.27. The molecule has 0 aliphatic carbocycles. The molecule has 0 aliphatic heterocycles. The van der Waals surface area contributed by atoms with Gasteiger partial charge in [-0.2, -0.15) is 0 Å². The summed E-state index contributed by atoms with van der Waals surface area (Å²) in [5.74, 6) is -0.618. The van der Waals surface area contributed by atoms with Crippen molar-refractivity contribution in [3.05, 3.63) is 12.2 Å². The summed E-state index contributed by atoms with van der Waals surface area (Å²) in [5.41, 5.74) is 0. The average molecular weight is 780 g/mol. The fourth-order valence-electron chi connectivity index (χ4n) is 7.82. The number of amides is 1. The van der Waals surface area contributed by atoms with Gasteiger partial charge in [-0.3, -0.25) is 4.79 Å². The minimum Gasteiger partial charge on any atom is -0.394 e. The zero-order valence-electron chi connectivity index (χ0n) is 36.9. The van der Waals surface area contributed by atoms with Gasteiger partial charge >= 0.3 is 0 Å². The van der Waals surface area contributed by atoms with Crippen LogP contribution >= 0.6 is 0 Å². The van der Waals surface area contributed by atoms with Gasteiger partial charge < -0.3 is 25.7 Å². The number of rotatable bonds is 45. The number of nitrogens with one attached hydrogen (secondary N) is 1. The molecule has 0 aromatic carbocycles. The molecule has 6 heteroatoms. The number of hydrogen-bond acceptors (Lipinski definition) is 5. The fraction of sp³-hybridized carbons (Fsp3) is 0.939. The minimum atomic E-state index is -1.27. The number of aliphatic hydroxyl groups excluding tert-OH is 4. The van der Waals surface area contributed by atoms with Gasteiger partial charge in [0.1, 0.15) is 12.2 Å². The van der Waals surface area contributed by atoms with E-state index in [2.05, 4.69) is 25.2 Å². The molecule has 0 aromatic heterocycles. The van der Waals surface area contributed by atoms with Crippen molar-refractivity contribution in [1.29, 1.82) is 0 Å². The van der Waals surface area contributed by atoms with E-state index in [9.17, 15) is 25.2 Å². The maximum atomic E-state index is 12.4. The summed E-state index contributed by atoms with van der Waals surface area (Å²) in [6.45, 7) is 4.00. The highest BCUT2D eigenvalue weighted by atomic mass is 16.3. The summed E-state index contributed by atoms with van der Waals surface area (Å²) in [5, 5.41) is 43.5.